The van der Waals surface area contributed by atoms with E-state index in [0.717, 1.165) is 5.56 Å². The Kier molecular flexibility index (Phi) is 4.63. The van der Waals surface area contributed by atoms with Gasteiger partial charge in [-0.3, -0.25) is 14.6 Å². The number of hydrogen-bond donors (Lipinski definition) is 1. The predicted molar refractivity (Wildman–Crippen MR) is 63.9 cm³/mol. The van der Waals surface area contributed by atoms with E-state index in [2.05, 4.69) is 4.98 Å². The summed E-state index contributed by atoms with van der Waals surface area (Å²) in [6, 6.07) is 3.75. The highest BCUT2D eigenvalue weighted by molar-refractivity contribution is 5.84. The monoisotopic (exact) mass is 235 g/mol. The molecule has 5 heteroatoms. The predicted octanol–water partition coefficient (Wildman–Crippen LogP) is 0.204. The van der Waals surface area contributed by atoms with Crippen LogP contribution in [0.5, 0.6) is 0 Å². The van der Waals surface area contributed by atoms with E-state index in [1.165, 1.54) is 4.90 Å². The Morgan fingerprint density at radius 2 is 2.24 bits per heavy atom. The zero-order valence-electron chi connectivity index (χ0n) is 10.1. The van der Waals surface area contributed by atoms with Gasteiger partial charge in [-0.15, -0.1) is 0 Å². The third-order valence-electron chi connectivity index (χ3n) is 2.46. The first-order valence-corrected chi connectivity index (χ1v) is 5.43. The van der Waals surface area contributed by atoms with Crippen molar-refractivity contribution >= 4 is 11.8 Å². The van der Waals surface area contributed by atoms with E-state index in [1.807, 2.05) is 19.1 Å². The van der Waals surface area contributed by atoms with Crippen molar-refractivity contribution in [2.45, 2.75) is 13.3 Å². The Bertz CT molecular complexity index is 392. The molecule has 0 bridgehead atoms. The lowest BCUT2D eigenvalue weighted by atomic mass is 10.0. The number of hydrogen-bond acceptors (Lipinski definition) is 3. The molecule has 0 radical (unpaired) electrons. The SMILES string of the molecule is C[C@@H](Cc1cccnc1)C(=O)N(C)CC(N)=O. The van der Waals surface area contributed by atoms with Gasteiger partial charge >= 0.3 is 0 Å². The number of pyridine rings is 1. The number of primary amides is 1. The second-order valence-electron chi connectivity index (χ2n) is 4.13. The highest BCUT2D eigenvalue weighted by Crippen LogP contribution is 2.09. The van der Waals surface area contributed by atoms with Gasteiger partial charge in [0, 0.05) is 25.4 Å². The van der Waals surface area contributed by atoms with Crippen LogP contribution >= 0.6 is 0 Å². The molecule has 0 aromatic carbocycles. The first-order valence-electron chi connectivity index (χ1n) is 5.43. The molecule has 0 saturated carbocycles. The van der Waals surface area contributed by atoms with Crippen molar-refractivity contribution in [3.8, 4) is 0 Å². The molecular formula is C12H17N3O2. The van der Waals surface area contributed by atoms with Gasteiger partial charge in [-0.25, -0.2) is 0 Å². The molecular weight excluding hydrogens is 218 g/mol. The van der Waals surface area contributed by atoms with Crippen LogP contribution in [-0.2, 0) is 16.0 Å². The maximum Gasteiger partial charge on any atom is 0.237 e. The average molecular weight is 235 g/mol. The maximum atomic E-state index is 11.9. The Labute approximate surface area is 101 Å². The van der Waals surface area contributed by atoms with Crippen LogP contribution in [0.1, 0.15) is 12.5 Å². The maximum absolute atomic E-state index is 11.9. The van der Waals surface area contributed by atoms with Gasteiger partial charge in [-0.1, -0.05) is 13.0 Å². The molecule has 0 spiro atoms. The van der Waals surface area contributed by atoms with Crippen molar-refractivity contribution in [2.75, 3.05) is 13.6 Å². The van der Waals surface area contributed by atoms with E-state index in [1.54, 1.807) is 19.4 Å². The van der Waals surface area contributed by atoms with Crippen molar-refractivity contribution in [3.63, 3.8) is 0 Å². The number of nitrogens with two attached hydrogens (primary N) is 1. The Morgan fingerprint density at radius 1 is 1.53 bits per heavy atom. The third kappa shape index (κ3) is 4.22. The molecule has 1 rings (SSSR count). The molecule has 92 valence electrons. The number of nitrogens with zero attached hydrogens (tertiary/aromatic N) is 2. The highest BCUT2D eigenvalue weighted by Gasteiger charge is 2.18. The van der Waals surface area contributed by atoms with Gasteiger partial charge in [-0.2, -0.15) is 0 Å². The largest absolute Gasteiger partial charge is 0.368 e. The van der Waals surface area contributed by atoms with Crippen LogP contribution in [0.2, 0.25) is 0 Å². The number of carbonyl (C=O) groups is 2. The number of rotatable bonds is 5. The Morgan fingerprint density at radius 3 is 2.76 bits per heavy atom. The molecule has 0 saturated heterocycles. The highest BCUT2D eigenvalue weighted by atomic mass is 16.2. The molecule has 0 fully saturated rings. The van der Waals surface area contributed by atoms with Crippen molar-refractivity contribution in [1.82, 2.24) is 9.88 Å². The summed E-state index contributed by atoms with van der Waals surface area (Å²) in [4.78, 5) is 27.9. The molecule has 2 amide bonds. The zero-order valence-corrected chi connectivity index (χ0v) is 10.1. The molecule has 0 aliphatic carbocycles. The summed E-state index contributed by atoms with van der Waals surface area (Å²) in [6.45, 7) is 1.78. The molecule has 2 N–H and O–H groups in total. The smallest absolute Gasteiger partial charge is 0.237 e. The van der Waals surface area contributed by atoms with Gasteiger partial charge in [0.15, 0.2) is 0 Å². The molecule has 0 unspecified atom stereocenters. The summed E-state index contributed by atoms with van der Waals surface area (Å²) in [7, 11) is 1.58. The van der Waals surface area contributed by atoms with Crippen molar-refractivity contribution in [3.05, 3.63) is 30.1 Å². The first-order chi connectivity index (χ1) is 8.00. The summed E-state index contributed by atoms with van der Waals surface area (Å²) < 4.78 is 0. The van der Waals surface area contributed by atoms with Crippen molar-refractivity contribution < 1.29 is 9.59 Å². The van der Waals surface area contributed by atoms with Crippen LogP contribution in [0.4, 0.5) is 0 Å². The minimum atomic E-state index is -0.505. The summed E-state index contributed by atoms with van der Waals surface area (Å²) in [5, 5.41) is 0. The van der Waals surface area contributed by atoms with Gasteiger partial charge in [0.1, 0.15) is 0 Å². The molecule has 5 nitrogen and oxygen atoms in total. The minimum absolute atomic E-state index is 0.0454. The Balaban J connectivity index is 2.55. The second-order valence-corrected chi connectivity index (χ2v) is 4.13. The lowest BCUT2D eigenvalue weighted by Crippen LogP contribution is -2.38. The van der Waals surface area contributed by atoms with E-state index in [9.17, 15) is 9.59 Å². The van der Waals surface area contributed by atoms with E-state index in [4.69, 9.17) is 5.73 Å². The average Bonchev–Trinajstić information content (AvgIpc) is 2.28. The van der Waals surface area contributed by atoms with E-state index < -0.39 is 5.91 Å². The summed E-state index contributed by atoms with van der Waals surface area (Å²) in [5.41, 5.74) is 6.04. The van der Waals surface area contributed by atoms with Crippen LogP contribution in [-0.4, -0.2) is 35.3 Å². The number of carbonyl (C=O) groups excluding carboxylic acids is 2. The van der Waals surface area contributed by atoms with Gasteiger partial charge in [0.2, 0.25) is 11.8 Å². The number of amides is 2. The van der Waals surface area contributed by atoms with Gasteiger partial charge in [0.05, 0.1) is 6.54 Å². The van der Waals surface area contributed by atoms with E-state index in [-0.39, 0.29) is 18.4 Å². The van der Waals surface area contributed by atoms with E-state index in [0.29, 0.717) is 6.42 Å². The van der Waals surface area contributed by atoms with Crippen molar-refractivity contribution in [2.24, 2.45) is 11.7 Å². The van der Waals surface area contributed by atoms with Crippen molar-refractivity contribution in [1.29, 1.82) is 0 Å². The summed E-state index contributed by atoms with van der Waals surface area (Å²) in [5.74, 6) is -0.786. The van der Waals surface area contributed by atoms with Crippen LogP contribution < -0.4 is 5.73 Å². The lowest BCUT2D eigenvalue weighted by Gasteiger charge is -2.19. The van der Waals surface area contributed by atoms with Crippen LogP contribution in [0.15, 0.2) is 24.5 Å². The lowest BCUT2D eigenvalue weighted by molar-refractivity contribution is -0.136. The zero-order chi connectivity index (χ0) is 12.8. The van der Waals surface area contributed by atoms with Gasteiger partial charge in [0.25, 0.3) is 0 Å². The molecule has 1 aromatic heterocycles. The van der Waals surface area contributed by atoms with Gasteiger partial charge < -0.3 is 10.6 Å². The second kappa shape index (κ2) is 5.98. The summed E-state index contributed by atoms with van der Waals surface area (Å²) in [6.07, 6.45) is 4.03. The molecule has 0 aliphatic heterocycles. The molecule has 1 aromatic rings. The molecule has 1 atom stereocenters. The third-order valence-corrected chi connectivity index (χ3v) is 2.46. The number of likely N-dealkylation sites (N-methyl/N-ethyl adjacent to an activating group) is 1. The van der Waals surface area contributed by atoms with E-state index >= 15 is 0 Å². The van der Waals surface area contributed by atoms with Crippen LogP contribution in [0, 0.1) is 5.92 Å². The fourth-order valence-corrected chi connectivity index (χ4v) is 1.65. The molecule has 17 heavy (non-hydrogen) atoms. The number of aromatic nitrogens is 1. The summed E-state index contributed by atoms with van der Waals surface area (Å²) >= 11 is 0. The fourth-order valence-electron chi connectivity index (χ4n) is 1.65. The van der Waals surface area contributed by atoms with Gasteiger partial charge in [-0.05, 0) is 18.1 Å². The normalized spacial score (nSPS) is 11.9. The minimum Gasteiger partial charge on any atom is -0.368 e. The first kappa shape index (κ1) is 13.2. The molecule has 0 aliphatic rings. The van der Waals surface area contributed by atoms with Crippen LogP contribution in [0.25, 0.3) is 0 Å². The Hall–Kier alpha value is -1.91. The van der Waals surface area contributed by atoms with Crippen LogP contribution in [0.3, 0.4) is 0 Å². The quantitative estimate of drug-likeness (QED) is 0.792. The molecule has 1 heterocycles. The standard InChI is InChI=1S/C12H17N3O2/c1-9(6-10-4-3-5-14-7-10)12(17)15(2)8-11(13)16/h3-5,7,9H,6,8H2,1-2H3,(H2,13,16)/t9-/m0/s1. The fraction of sp³-hybridized carbons (Fsp3) is 0.417. The topological polar surface area (TPSA) is 76.3 Å².